The number of aromatic nitrogens is 2. The number of fused-ring (bicyclic) bond motifs is 3. The Morgan fingerprint density at radius 3 is 2.61 bits per heavy atom. The molecule has 1 unspecified atom stereocenters. The van der Waals surface area contributed by atoms with Crippen LogP contribution in [0.2, 0.25) is 0 Å². The van der Waals surface area contributed by atoms with E-state index in [-0.39, 0.29) is 17.5 Å². The number of piperazine rings is 3. The van der Waals surface area contributed by atoms with Gasteiger partial charge in [-0.1, -0.05) is 6.92 Å². The zero-order valence-corrected chi connectivity index (χ0v) is 10.5. The standard InChI is InChI=1S/C12H18N4O2/c1-2-8-11(17)13-10(14-12(8)18)9-7-15-3-5-16(9)6-4-15/h9H,2-7H2,1H3,(H2,13,14,17,18). The van der Waals surface area contributed by atoms with Gasteiger partial charge in [0.25, 0.3) is 5.56 Å². The van der Waals surface area contributed by atoms with Gasteiger partial charge in [0, 0.05) is 32.7 Å². The van der Waals surface area contributed by atoms with Crippen LogP contribution in [0.5, 0.6) is 5.88 Å². The van der Waals surface area contributed by atoms with Gasteiger partial charge in [-0.15, -0.1) is 0 Å². The van der Waals surface area contributed by atoms with Crippen molar-refractivity contribution in [1.29, 1.82) is 0 Å². The summed E-state index contributed by atoms with van der Waals surface area (Å²) in [5.74, 6) is 0.480. The van der Waals surface area contributed by atoms with E-state index in [4.69, 9.17) is 0 Å². The van der Waals surface area contributed by atoms with Crippen molar-refractivity contribution in [2.24, 2.45) is 0 Å². The number of H-pyrrole nitrogens is 1. The van der Waals surface area contributed by atoms with E-state index in [2.05, 4.69) is 19.8 Å². The van der Waals surface area contributed by atoms with Crippen molar-refractivity contribution in [3.63, 3.8) is 0 Å². The largest absolute Gasteiger partial charge is 0.493 e. The average Bonchev–Trinajstić information content (AvgIpc) is 2.39. The predicted octanol–water partition coefficient (Wildman–Crippen LogP) is -0.290. The first kappa shape index (κ1) is 11.7. The molecule has 0 saturated carbocycles. The fraction of sp³-hybridized carbons (Fsp3) is 0.667. The Morgan fingerprint density at radius 2 is 2.11 bits per heavy atom. The van der Waals surface area contributed by atoms with Gasteiger partial charge in [-0.2, -0.15) is 4.98 Å². The van der Waals surface area contributed by atoms with Crippen LogP contribution < -0.4 is 5.56 Å². The zero-order valence-electron chi connectivity index (χ0n) is 10.5. The van der Waals surface area contributed by atoms with Gasteiger partial charge in [-0.05, 0) is 6.42 Å². The smallest absolute Gasteiger partial charge is 0.257 e. The van der Waals surface area contributed by atoms with Crippen molar-refractivity contribution >= 4 is 0 Å². The van der Waals surface area contributed by atoms with Crippen molar-refractivity contribution in [1.82, 2.24) is 19.8 Å². The molecule has 2 N–H and O–H groups in total. The van der Waals surface area contributed by atoms with E-state index < -0.39 is 0 Å². The molecular weight excluding hydrogens is 232 g/mol. The van der Waals surface area contributed by atoms with E-state index in [0.29, 0.717) is 17.8 Å². The molecule has 6 heteroatoms. The fourth-order valence-electron chi connectivity index (χ4n) is 2.86. The summed E-state index contributed by atoms with van der Waals surface area (Å²) in [4.78, 5) is 23.6. The first-order valence-corrected chi connectivity index (χ1v) is 6.47. The third-order valence-electron chi connectivity index (χ3n) is 3.96. The normalized spacial score (nSPS) is 30.6. The molecule has 4 rings (SSSR count). The Balaban J connectivity index is 1.95. The SMILES string of the molecule is CCc1c(O)nc(C2CN3CCN2CC3)[nH]c1=O. The predicted molar refractivity (Wildman–Crippen MR) is 66.7 cm³/mol. The minimum Gasteiger partial charge on any atom is -0.493 e. The number of aromatic amines is 1. The van der Waals surface area contributed by atoms with Gasteiger partial charge in [0.05, 0.1) is 11.6 Å². The number of aromatic hydroxyl groups is 1. The highest BCUT2D eigenvalue weighted by molar-refractivity contribution is 5.23. The summed E-state index contributed by atoms with van der Waals surface area (Å²) in [5, 5.41) is 9.81. The molecule has 1 aromatic heterocycles. The van der Waals surface area contributed by atoms with Gasteiger partial charge in [0.15, 0.2) is 0 Å². The van der Waals surface area contributed by atoms with E-state index in [1.807, 2.05) is 6.92 Å². The average molecular weight is 250 g/mol. The number of rotatable bonds is 2. The Hall–Kier alpha value is -1.40. The Kier molecular flexibility index (Phi) is 2.83. The maximum absolute atomic E-state index is 11.9. The molecule has 3 aliphatic rings. The molecule has 1 aromatic rings. The maximum Gasteiger partial charge on any atom is 0.257 e. The van der Waals surface area contributed by atoms with Crippen molar-refractivity contribution in [2.45, 2.75) is 19.4 Å². The van der Waals surface area contributed by atoms with E-state index in [0.717, 1.165) is 32.7 Å². The van der Waals surface area contributed by atoms with Gasteiger partial charge >= 0.3 is 0 Å². The van der Waals surface area contributed by atoms with Crippen molar-refractivity contribution in [3.8, 4) is 5.88 Å². The van der Waals surface area contributed by atoms with Crippen LogP contribution in [0.1, 0.15) is 24.4 Å². The highest BCUT2D eigenvalue weighted by atomic mass is 16.3. The lowest BCUT2D eigenvalue weighted by atomic mass is 10.1. The van der Waals surface area contributed by atoms with Gasteiger partial charge in [0.1, 0.15) is 5.82 Å². The molecule has 6 nitrogen and oxygen atoms in total. The molecule has 4 heterocycles. The third kappa shape index (κ3) is 1.81. The second-order valence-electron chi connectivity index (χ2n) is 4.96. The van der Waals surface area contributed by atoms with Gasteiger partial charge < -0.3 is 10.1 Å². The molecule has 0 aromatic carbocycles. The number of nitrogens with zero attached hydrogens (tertiary/aromatic N) is 3. The van der Waals surface area contributed by atoms with Crippen LogP contribution in [-0.4, -0.2) is 57.6 Å². The summed E-state index contributed by atoms with van der Waals surface area (Å²) < 4.78 is 0. The van der Waals surface area contributed by atoms with Crippen molar-refractivity contribution in [2.75, 3.05) is 32.7 Å². The van der Waals surface area contributed by atoms with E-state index in [1.165, 1.54) is 0 Å². The Morgan fingerprint density at radius 1 is 1.39 bits per heavy atom. The second-order valence-corrected chi connectivity index (χ2v) is 4.96. The topological polar surface area (TPSA) is 72.5 Å². The second kappa shape index (κ2) is 4.37. The quantitative estimate of drug-likeness (QED) is 0.754. The highest BCUT2D eigenvalue weighted by Gasteiger charge is 2.34. The molecule has 3 saturated heterocycles. The van der Waals surface area contributed by atoms with Crippen molar-refractivity contribution < 1.29 is 5.11 Å². The lowest BCUT2D eigenvalue weighted by Gasteiger charge is -2.46. The summed E-state index contributed by atoms with van der Waals surface area (Å²) in [5.41, 5.74) is 0.160. The molecule has 98 valence electrons. The highest BCUT2D eigenvalue weighted by Crippen LogP contribution is 2.27. The Bertz CT molecular complexity index is 505. The van der Waals surface area contributed by atoms with Crippen LogP contribution in [-0.2, 0) is 6.42 Å². The summed E-state index contributed by atoms with van der Waals surface area (Å²) in [6, 6.07) is 0.108. The van der Waals surface area contributed by atoms with Crippen LogP contribution in [0.25, 0.3) is 0 Å². The molecule has 2 bridgehead atoms. The van der Waals surface area contributed by atoms with E-state index >= 15 is 0 Å². The van der Waals surface area contributed by atoms with Crippen LogP contribution >= 0.6 is 0 Å². The first-order chi connectivity index (χ1) is 8.69. The number of nitrogens with one attached hydrogen (secondary N) is 1. The molecule has 3 aliphatic heterocycles. The summed E-state index contributed by atoms with van der Waals surface area (Å²) in [7, 11) is 0. The van der Waals surface area contributed by atoms with Gasteiger partial charge in [-0.25, -0.2) is 0 Å². The van der Waals surface area contributed by atoms with Crippen LogP contribution in [0.3, 0.4) is 0 Å². The summed E-state index contributed by atoms with van der Waals surface area (Å²) in [6.45, 7) is 6.89. The third-order valence-corrected chi connectivity index (χ3v) is 3.96. The molecular formula is C12H18N4O2. The molecule has 0 spiro atoms. The molecule has 18 heavy (non-hydrogen) atoms. The maximum atomic E-state index is 11.9. The lowest BCUT2D eigenvalue weighted by Crippen LogP contribution is -2.57. The van der Waals surface area contributed by atoms with Gasteiger partial charge in [-0.3, -0.25) is 14.6 Å². The Labute approximate surface area is 105 Å². The number of hydrogen-bond donors (Lipinski definition) is 2. The minimum atomic E-state index is -0.211. The monoisotopic (exact) mass is 250 g/mol. The first-order valence-electron chi connectivity index (χ1n) is 6.47. The molecule has 1 atom stereocenters. The number of hydrogen-bond acceptors (Lipinski definition) is 5. The molecule has 0 aliphatic carbocycles. The fourth-order valence-corrected chi connectivity index (χ4v) is 2.86. The lowest BCUT2D eigenvalue weighted by molar-refractivity contribution is 0.00830. The van der Waals surface area contributed by atoms with Crippen LogP contribution in [0.4, 0.5) is 0 Å². The molecule has 3 fully saturated rings. The minimum absolute atomic E-state index is 0.108. The van der Waals surface area contributed by atoms with Crippen molar-refractivity contribution in [3.05, 3.63) is 21.7 Å². The van der Waals surface area contributed by atoms with Crippen LogP contribution in [0, 0.1) is 0 Å². The summed E-state index contributed by atoms with van der Waals surface area (Å²) >= 11 is 0. The van der Waals surface area contributed by atoms with E-state index in [9.17, 15) is 9.90 Å². The van der Waals surface area contributed by atoms with E-state index in [1.54, 1.807) is 0 Å². The zero-order chi connectivity index (χ0) is 12.7. The molecule has 0 amide bonds. The summed E-state index contributed by atoms with van der Waals surface area (Å²) in [6.07, 6.45) is 0.495. The molecule has 0 radical (unpaired) electrons. The van der Waals surface area contributed by atoms with Gasteiger partial charge in [0.2, 0.25) is 5.88 Å². The van der Waals surface area contributed by atoms with Crippen LogP contribution in [0.15, 0.2) is 4.79 Å².